The van der Waals surface area contributed by atoms with E-state index in [1.807, 2.05) is 18.2 Å². The molecule has 0 saturated heterocycles. The van der Waals surface area contributed by atoms with Gasteiger partial charge in [-0.25, -0.2) is 0 Å². The molecule has 0 bridgehead atoms. The van der Waals surface area contributed by atoms with E-state index in [2.05, 4.69) is 4.99 Å². The summed E-state index contributed by atoms with van der Waals surface area (Å²) in [5.41, 5.74) is 6.78. The van der Waals surface area contributed by atoms with Crippen molar-refractivity contribution >= 4 is 5.84 Å². The van der Waals surface area contributed by atoms with Crippen molar-refractivity contribution in [2.24, 2.45) is 10.7 Å². The van der Waals surface area contributed by atoms with Crippen molar-refractivity contribution in [1.82, 2.24) is 0 Å². The van der Waals surface area contributed by atoms with Gasteiger partial charge in [0.1, 0.15) is 5.84 Å². The number of amidine groups is 1. The highest BCUT2D eigenvalue weighted by atomic mass is 16.5. The smallest absolute Gasteiger partial charge is 0.161 e. The summed E-state index contributed by atoms with van der Waals surface area (Å²) in [5.74, 6) is 1.95. The Kier molecular flexibility index (Phi) is 2.99. The average Bonchev–Trinajstić information content (AvgIpc) is 3.11. The lowest BCUT2D eigenvalue weighted by Gasteiger charge is -2.09. The fraction of sp³-hybridized carbons (Fsp3) is 0.417. The zero-order chi connectivity index (χ0) is 11.5. The molecular weight excluding hydrogens is 204 g/mol. The van der Waals surface area contributed by atoms with Gasteiger partial charge in [-0.3, -0.25) is 4.99 Å². The van der Waals surface area contributed by atoms with Crippen molar-refractivity contribution in [2.75, 3.05) is 14.2 Å². The molecule has 16 heavy (non-hydrogen) atoms. The standard InChI is InChI=1S/C12H16N2O2/c1-15-10-6-3-8(7-11(10)16-2)12(13)14-9-4-5-9/h3,6-7,9H,4-5H2,1-2H3,(H2,13,14). The quantitative estimate of drug-likeness (QED) is 0.619. The molecule has 2 rings (SSSR count). The van der Waals surface area contributed by atoms with Crippen LogP contribution in [0.3, 0.4) is 0 Å². The number of rotatable bonds is 4. The Labute approximate surface area is 95.1 Å². The normalized spacial score (nSPS) is 16.0. The van der Waals surface area contributed by atoms with Gasteiger partial charge < -0.3 is 15.2 Å². The molecule has 4 nitrogen and oxygen atoms in total. The first-order valence-electron chi connectivity index (χ1n) is 5.30. The molecule has 1 aromatic carbocycles. The van der Waals surface area contributed by atoms with E-state index in [9.17, 15) is 0 Å². The van der Waals surface area contributed by atoms with Gasteiger partial charge in [-0.1, -0.05) is 0 Å². The second-order valence-electron chi connectivity index (χ2n) is 3.82. The Morgan fingerprint density at radius 2 is 1.94 bits per heavy atom. The number of nitrogens with zero attached hydrogens (tertiary/aromatic N) is 1. The Morgan fingerprint density at radius 3 is 2.50 bits per heavy atom. The van der Waals surface area contributed by atoms with Gasteiger partial charge in [-0.2, -0.15) is 0 Å². The topological polar surface area (TPSA) is 56.8 Å². The first-order chi connectivity index (χ1) is 7.74. The van der Waals surface area contributed by atoms with E-state index in [0.29, 0.717) is 23.4 Å². The molecule has 1 fully saturated rings. The maximum Gasteiger partial charge on any atom is 0.161 e. The number of ether oxygens (including phenoxy) is 2. The number of aliphatic imine (C=N–C) groups is 1. The monoisotopic (exact) mass is 220 g/mol. The largest absolute Gasteiger partial charge is 0.493 e. The lowest BCUT2D eigenvalue weighted by Crippen LogP contribution is -2.14. The zero-order valence-electron chi connectivity index (χ0n) is 9.56. The Bertz CT molecular complexity index is 411. The Hall–Kier alpha value is -1.71. The van der Waals surface area contributed by atoms with Crippen molar-refractivity contribution in [1.29, 1.82) is 0 Å². The summed E-state index contributed by atoms with van der Waals surface area (Å²) >= 11 is 0. The maximum atomic E-state index is 5.90. The van der Waals surface area contributed by atoms with Crippen LogP contribution in [-0.2, 0) is 0 Å². The van der Waals surface area contributed by atoms with Crippen LogP contribution < -0.4 is 15.2 Å². The van der Waals surface area contributed by atoms with Crippen LogP contribution in [0.1, 0.15) is 18.4 Å². The minimum Gasteiger partial charge on any atom is -0.493 e. The molecule has 0 atom stereocenters. The summed E-state index contributed by atoms with van der Waals surface area (Å²) in [5, 5.41) is 0. The molecule has 0 heterocycles. The van der Waals surface area contributed by atoms with Crippen molar-refractivity contribution in [2.45, 2.75) is 18.9 Å². The molecular formula is C12H16N2O2. The van der Waals surface area contributed by atoms with E-state index in [1.165, 1.54) is 0 Å². The molecule has 0 unspecified atom stereocenters. The molecule has 0 aliphatic heterocycles. The number of benzene rings is 1. The van der Waals surface area contributed by atoms with Gasteiger partial charge in [-0.05, 0) is 31.0 Å². The second-order valence-corrected chi connectivity index (χ2v) is 3.82. The summed E-state index contributed by atoms with van der Waals surface area (Å²) in [6.45, 7) is 0. The minimum atomic E-state index is 0.424. The highest BCUT2D eigenvalue weighted by Crippen LogP contribution is 2.28. The lowest BCUT2D eigenvalue weighted by atomic mass is 10.2. The molecule has 1 aromatic rings. The third-order valence-corrected chi connectivity index (χ3v) is 2.55. The van der Waals surface area contributed by atoms with Crippen LogP contribution >= 0.6 is 0 Å². The number of hydrogen-bond acceptors (Lipinski definition) is 3. The van der Waals surface area contributed by atoms with Crippen molar-refractivity contribution in [3.8, 4) is 11.5 Å². The van der Waals surface area contributed by atoms with Crippen LogP contribution in [0.4, 0.5) is 0 Å². The van der Waals surface area contributed by atoms with E-state index in [4.69, 9.17) is 15.2 Å². The van der Waals surface area contributed by atoms with Crippen LogP contribution in [0.2, 0.25) is 0 Å². The van der Waals surface area contributed by atoms with Crippen molar-refractivity contribution < 1.29 is 9.47 Å². The van der Waals surface area contributed by atoms with Crippen molar-refractivity contribution in [3.05, 3.63) is 23.8 Å². The molecule has 1 saturated carbocycles. The summed E-state index contributed by atoms with van der Waals surface area (Å²) in [4.78, 5) is 4.39. The van der Waals surface area contributed by atoms with Crippen LogP contribution in [0.15, 0.2) is 23.2 Å². The molecule has 0 amide bonds. The van der Waals surface area contributed by atoms with Gasteiger partial charge in [0.15, 0.2) is 11.5 Å². The molecule has 0 radical (unpaired) electrons. The minimum absolute atomic E-state index is 0.424. The summed E-state index contributed by atoms with van der Waals surface area (Å²) in [6, 6.07) is 6.00. The van der Waals surface area contributed by atoms with E-state index in [0.717, 1.165) is 18.4 Å². The van der Waals surface area contributed by atoms with Crippen LogP contribution in [0, 0.1) is 0 Å². The van der Waals surface area contributed by atoms with E-state index < -0.39 is 0 Å². The van der Waals surface area contributed by atoms with Gasteiger partial charge in [0.05, 0.1) is 20.3 Å². The second kappa shape index (κ2) is 4.43. The lowest BCUT2D eigenvalue weighted by molar-refractivity contribution is 0.355. The van der Waals surface area contributed by atoms with Gasteiger partial charge in [-0.15, -0.1) is 0 Å². The van der Waals surface area contributed by atoms with Crippen LogP contribution in [0.5, 0.6) is 11.5 Å². The first kappa shape index (κ1) is 10.8. The Morgan fingerprint density at radius 1 is 1.25 bits per heavy atom. The molecule has 0 spiro atoms. The third kappa shape index (κ3) is 2.27. The third-order valence-electron chi connectivity index (χ3n) is 2.55. The molecule has 2 N–H and O–H groups in total. The molecule has 4 heteroatoms. The molecule has 1 aliphatic rings. The van der Waals surface area contributed by atoms with Gasteiger partial charge >= 0.3 is 0 Å². The number of methoxy groups -OCH3 is 2. The highest BCUT2D eigenvalue weighted by Gasteiger charge is 2.20. The van der Waals surface area contributed by atoms with Gasteiger partial charge in [0, 0.05) is 5.56 Å². The summed E-state index contributed by atoms with van der Waals surface area (Å²) in [7, 11) is 3.22. The SMILES string of the molecule is COc1ccc(C(N)=NC2CC2)cc1OC. The fourth-order valence-electron chi connectivity index (χ4n) is 1.47. The van der Waals surface area contributed by atoms with Crippen LogP contribution in [0.25, 0.3) is 0 Å². The van der Waals surface area contributed by atoms with Gasteiger partial charge in [0.2, 0.25) is 0 Å². The number of nitrogens with two attached hydrogens (primary N) is 1. The van der Waals surface area contributed by atoms with E-state index in [-0.39, 0.29) is 0 Å². The molecule has 86 valence electrons. The van der Waals surface area contributed by atoms with E-state index in [1.54, 1.807) is 14.2 Å². The first-order valence-corrected chi connectivity index (χ1v) is 5.30. The average molecular weight is 220 g/mol. The fourth-order valence-corrected chi connectivity index (χ4v) is 1.47. The van der Waals surface area contributed by atoms with E-state index >= 15 is 0 Å². The molecule has 1 aliphatic carbocycles. The number of hydrogen-bond donors (Lipinski definition) is 1. The predicted molar refractivity (Wildman–Crippen MR) is 63.3 cm³/mol. The maximum absolute atomic E-state index is 5.90. The van der Waals surface area contributed by atoms with Gasteiger partial charge in [0.25, 0.3) is 0 Å². The van der Waals surface area contributed by atoms with Crippen LogP contribution in [-0.4, -0.2) is 26.1 Å². The summed E-state index contributed by atoms with van der Waals surface area (Å²) < 4.78 is 10.4. The summed E-state index contributed by atoms with van der Waals surface area (Å²) in [6.07, 6.45) is 2.29. The predicted octanol–water partition coefficient (Wildman–Crippen LogP) is 1.57. The zero-order valence-corrected chi connectivity index (χ0v) is 9.56. The molecule has 0 aromatic heterocycles. The highest BCUT2D eigenvalue weighted by molar-refractivity contribution is 5.98. The van der Waals surface area contributed by atoms with Crippen molar-refractivity contribution in [3.63, 3.8) is 0 Å². The Balaban J connectivity index is 2.27.